The van der Waals surface area contributed by atoms with Crippen LogP contribution in [0, 0.1) is 0 Å². The van der Waals surface area contributed by atoms with E-state index in [-0.39, 0.29) is 81.5 Å². The number of nitrogen functional groups attached to an aromatic ring is 1. The van der Waals surface area contributed by atoms with Crippen LogP contribution in [0.2, 0.25) is 15.7 Å². The molecule has 18 rings (SSSR count). The van der Waals surface area contributed by atoms with Crippen molar-refractivity contribution >= 4 is 250 Å². The zero-order valence-corrected chi connectivity index (χ0v) is 84.5. The van der Waals surface area contributed by atoms with Gasteiger partial charge in [-0.15, -0.1) is 0 Å². The lowest BCUT2D eigenvalue weighted by Crippen LogP contribution is -2.41. The molecule has 13 heterocycles. The standard InChI is InChI=1S/C21H19N5O2S.C15H19BN2O3S.C13H9ClN4OS.C12H24B2O4.C9H7BrN2OS.C8H11NO.C7H5BrN2S.C4H2Cl2N2/c1-14(27)24-21-26-18-7-6-16(12-19(18)29-21)17-8-10-23-20(25-17)28-11-3-5-15-4-2-9-22-13-15;1-9(19)17-13-18-11-7-6-10(8-12(11)22-13)16-20-14(2,3)15(4,5)21-16;1-7(19)16-13-18-10-3-2-8(6-11(10)20-13)9-4-5-15-12(14)17-9;1-9(2)10(3,4)16-13(15-9)14-17-11(5,6)12(7,8)18-14;1-5(13)11-9-12-7-3-2-6(10)4-8(7)14-9;10-6-2-4-8-3-1-5-9-7-8;8-4-1-2-5-6(3-4)11-7(9)10-5;5-3-1-2-7-4(6)8-3/h2,4,6-10,12-13H,3,5,11H2,1H3,(H,24,26,27);6-8H,1-5H3,(H,17,18,19);2-6H,1H3,(H,16,18,19);1-8H3;2-4H,1H3,(H,11,12,13);1,3,5,7,10H,2,4,6H2;1-3H,(H2,9,10);1-2H. The van der Waals surface area contributed by atoms with Gasteiger partial charge >= 0.3 is 27.1 Å². The Kier molecular flexibility index (Phi) is 35.9. The van der Waals surface area contributed by atoms with Crippen molar-refractivity contribution in [3.8, 4) is 28.5 Å². The molecular formula is C89H96B3Br2Cl3N18O12S5. The third kappa shape index (κ3) is 29.4. The quantitative estimate of drug-likeness (QED) is 0.0226. The van der Waals surface area contributed by atoms with Gasteiger partial charge < -0.3 is 64.8 Å². The molecule has 43 heteroatoms. The lowest BCUT2D eigenvalue weighted by atomic mass is 9.49. The summed E-state index contributed by atoms with van der Waals surface area (Å²) in [6.07, 6.45) is 15.5. The third-order valence-electron chi connectivity index (χ3n) is 20.7. The molecule has 3 saturated heterocycles. The molecule has 0 unspecified atom stereocenters. The van der Waals surface area contributed by atoms with E-state index in [0.717, 1.165) is 114 Å². The fourth-order valence-corrected chi connectivity index (χ4v) is 18.1. The van der Waals surface area contributed by atoms with E-state index in [0.29, 0.717) is 43.4 Å². The van der Waals surface area contributed by atoms with Crippen molar-refractivity contribution in [3.63, 3.8) is 0 Å². The third-order valence-corrected chi connectivity index (χ3v) is 26.8. The number of aryl methyl sites for hydroxylation is 2. The Morgan fingerprint density at radius 2 is 0.795 bits per heavy atom. The largest absolute Gasteiger partial charge is 0.494 e. The highest BCUT2D eigenvalue weighted by molar-refractivity contribution is 9.10. The predicted molar refractivity (Wildman–Crippen MR) is 540 cm³/mol. The van der Waals surface area contributed by atoms with Crippen LogP contribution in [-0.4, -0.2) is 161 Å². The van der Waals surface area contributed by atoms with Crippen molar-refractivity contribution < 1.29 is 56.9 Å². The van der Waals surface area contributed by atoms with Crippen LogP contribution in [0.25, 0.3) is 73.6 Å². The molecule has 0 saturated carbocycles. The first-order valence-electron chi connectivity index (χ1n) is 41.2. The predicted octanol–water partition coefficient (Wildman–Crippen LogP) is 20.7. The van der Waals surface area contributed by atoms with Crippen LogP contribution in [0.5, 0.6) is 6.01 Å². The Balaban J connectivity index is 0.000000150. The van der Waals surface area contributed by atoms with Crippen LogP contribution >= 0.6 is 123 Å². The van der Waals surface area contributed by atoms with Gasteiger partial charge in [-0.3, -0.25) is 29.1 Å². The van der Waals surface area contributed by atoms with E-state index in [4.69, 9.17) is 78.3 Å². The fourth-order valence-electron chi connectivity index (χ4n) is 12.1. The maximum absolute atomic E-state index is 11.2. The fraction of sp³-hybridized carbons (Fsp3) is 0.315. The number of hydrogen-bond acceptors (Lipinski definition) is 31. The number of aliphatic hydroxyl groups excluding tert-OH is 1. The van der Waals surface area contributed by atoms with E-state index in [1.165, 1.54) is 102 Å². The van der Waals surface area contributed by atoms with E-state index < -0.39 is 14.0 Å². The van der Waals surface area contributed by atoms with Gasteiger partial charge in [-0.2, -0.15) is 4.98 Å². The van der Waals surface area contributed by atoms with Crippen LogP contribution in [-0.2, 0) is 59.9 Å². The van der Waals surface area contributed by atoms with Crippen LogP contribution in [0.1, 0.15) is 135 Å². The molecule has 132 heavy (non-hydrogen) atoms. The van der Waals surface area contributed by atoms with E-state index in [9.17, 15) is 19.2 Å². The molecule has 688 valence electrons. The van der Waals surface area contributed by atoms with E-state index in [2.05, 4.69) is 124 Å². The van der Waals surface area contributed by atoms with Gasteiger partial charge in [0.1, 0.15) is 5.15 Å². The molecule has 4 amide bonds. The first-order chi connectivity index (χ1) is 62.5. The number of hydrogen-bond donors (Lipinski definition) is 6. The normalized spacial score (nSPS) is 14.9. The molecular weight excluding hydrogens is 1970 g/mol. The summed E-state index contributed by atoms with van der Waals surface area (Å²) in [6, 6.07) is 42.8. The number of carbonyl (C=O) groups is 4. The molecule has 0 radical (unpaired) electrons. The van der Waals surface area contributed by atoms with Gasteiger partial charge in [0.25, 0.3) is 0 Å². The second-order valence-corrected chi connectivity index (χ2v) is 40.7. The molecule has 0 spiro atoms. The maximum atomic E-state index is 11.2. The Labute approximate surface area is 816 Å². The van der Waals surface area contributed by atoms with Crippen LogP contribution in [0.4, 0.5) is 25.7 Å². The van der Waals surface area contributed by atoms with Crippen LogP contribution < -0.4 is 37.2 Å². The number of rotatable bonds is 16. The summed E-state index contributed by atoms with van der Waals surface area (Å²) in [5, 5.41) is 23.1. The number of nitrogens with one attached hydrogen (secondary N) is 4. The van der Waals surface area contributed by atoms with Gasteiger partial charge in [0.2, 0.25) is 34.2 Å². The average Bonchev–Trinajstić information content (AvgIpc) is 1.59. The number of fused-ring (bicyclic) bond motifs is 5. The topological polar surface area (TPSA) is 395 Å². The van der Waals surface area contributed by atoms with Crippen molar-refractivity contribution in [3.05, 3.63) is 213 Å². The van der Waals surface area contributed by atoms with Gasteiger partial charge in [-0.05, 0) is 252 Å². The number of thiazole rings is 5. The number of pyridine rings is 2. The summed E-state index contributed by atoms with van der Waals surface area (Å²) in [6.45, 7) is 31.0. The van der Waals surface area contributed by atoms with Crippen molar-refractivity contribution in [1.29, 1.82) is 0 Å². The molecule has 0 atom stereocenters. The van der Waals surface area contributed by atoms with Crippen molar-refractivity contribution in [1.82, 2.24) is 64.8 Å². The molecule has 7 N–H and O–H groups in total. The van der Waals surface area contributed by atoms with Gasteiger partial charge in [0, 0.05) is 97.8 Å². The molecule has 30 nitrogen and oxygen atoms in total. The minimum Gasteiger partial charge on any atom is -0.463 e. The number of halogens is 5. The highest BCUT2D eigenvalue weighted by Gasteiger charge is 2.64. The zero-order chi connectivity index (χ0) is 95.5. The van der Waals surface area contributed by atoms with Crippen LogP contribution in [0.3, 0.4) is 0 Å². The number of nitrogens with zero attached hydrogens (tertiary/aromatic N) is 13. The second kappa shape index (κ2) is 46.0. The summed E-state index contributed by atoms with van der Waals surface area (Å²) >= 11 is 30.6. The summed E-state index contributed by atoms with van der Waals surface area (Å²) < 4.78 is 48.9. The van der Waals surface area contributed by atoms with Gasteiger partial charge in [-0.1, -0.05) is 130 Å². The van der Waals surface area contributed by atoms with E-state index in [1.807, 2.05) is 211 Å². The Bertz CT molecular complexity index is 6390. The Morgan fingerprint density at radius 3 is 1.20 bits per heavy atom. The van der Waals surface area contributed by atoms with Gasteiger partial charge in [0.05, 0.1) is 103 Å². The number of nitrogens with two attached hydrogens (primary N) is 1. The number of aromatic nitrogens is 13. The first-order valence-corrected chi connectivity index (χ1v) is 48.0. The number of aliphatic hydroxyl groups is 1. The molecule has 10 aromatic heterocycles. The average molecular weight is 2070 g/mol. The summed E-state index contributed by atoms with van der Waals surface area (Å²) in [5.41, 5.74) is 14.5. The molecule has 0 aliphatic carbocycles. The molecule has 0 bridgehead atoms. The molecule has 15 aromatic rings. The summed E-state index contributed by atoms with van der Waals surface area (Å²) in [4.78, 5) is 97.7. The second-order valence-electron chi connectivity index (χ2n) is 32.6. The molecule has 3 aliphatic heterocycles. The summed E-state index contributed by atoms with van der Waals surface area (Å²) in [7, 11) is -1.34. The maximum Gasteiger partial charge on any atom is 0.494 e. The SMILES string of the molecule is CC(=O)Nc1nc2ccc(-c3ccnc(Cl)n3)cc2s1.CC(=O)Nc1nc2ccc(-c3ccnc(OCCCc4cccnc4)n3)cc2s1.CC(=O)Nc1nc2ccc(B3OC(C)(C)C(C)(C)O3)cc2s1.CC(=O)Nc1nc2ccc(Br)cc2s1.CC1(C)OB(B2OC(C)(C)C(C)(C)O2)OC1(C)C.Clc1ccnc(Cl)n1.Nc1nc2ccc(Br)cc2s1.OCCCc1cccnc1. The smallest absolute Gasteiger partial charge is 0.463 e. The van der Waals surface area contributed by atoms with Crippen molar-refractivity contribution in [2.75, 3.05) is 40.2 Å². The number of anilines is 5. The number of ether oxygens (including phenoxy) is 1. The lowest BCUT2D eigenvalue weighted by molar-refractivity contribution is -0.115. The van der Waals surface area contributed by atoms with Gasteiger partial charge in [0.15, 0.2) is 25.7 Å². The number of benzene rings is 5. The van der Waals surface area contributed by atoms with Gasteiger partial charge in [-0.25, -0.2) is 49.8 Å². The Hall–Kier alpha value is -9.69. The minimum absolute atomic E-state index is 0.0943. The van der Waals surface area contributed by atoms with Crippen LogP contribution in [0.15, 0.2) is 186 Å². The summed E-state index contributed by atoms with van der Waals surface area (Å²) in [5.74, 6) is -0.481. The minimum atomic E-state index is -0.476. The van der Waals surface area contributed by atoms with E-state index >= 15 is 0 Å². The molecule has 3 aliphatic rings. The number of amides is 4. The van der Waals surface area contributed by atoms with E-state index in [1.54, 1.807) is 36.9 Å². The van der Waals surface area contributed by atoms with Crippen molar-refractivity contribution in [2.45, 2.75) is 170 Å². The zero-order valence-electron chi connectivity index (χ0n) is 75.0. The lowest BCUT2D eigenvalue weighted by Gasteiger charge is -2.32. The first kappa shape index (κ1) is 103. The molecule has 3 fully saturated rings. The number of carbonyl (C=O) groups excluding carboxylic acids is 4. The monoisotopic (exact) mass is 2060 g/mol. The highest BCUT2D eigenvalue weighted by Crippen LogP contribution is 2.44. The Morgan fingerprint density at radius 1 is 0.424 bits per heavy atom. The van der Waals surface area contributed by atoms with Crippen molar-refractivity contribution in [2.24, 2.45) is 0 Å². The molecule has 5 aromatic carbocycles. The highest BCUT2D eigenvalue weighted by atomic mass is 79.9.